The molecule has 0 saturated heterocycles. The fraction of sp³-hybridized carbons (Fsp3) is 0.615. The lowest BCUT2D eigenvalue weighted by Gasteiger charge is -2.27. The van der Waals surface area contributed by atoms with E-state index in [-0.39, 0.29) is 37.2 Å². The van der Waals surface area contributed by atoms with E-state index in [1.54, 1.807) is 0 Å². The molecule has 40 heavy (non-hydrogen) atoms. The number of carbonyl (C=O) groups excluding carboxylic acids is 3. The molecule has 0 bridgehead atoms. The number of nitrogens with one attached hydrogen (secondary N) is 4. The van der Waals surface area contributed by atoms with Crippen LogP contribution in [-0.2, 0) is 30.8 Å². The van der Waals surface area contributed by atoms with Gasteiger partial charge in [-0.15, -0.1) is 0 Å². The van der Waals surface area contributed by atoms with E-state index in [9.17, 15) is 27.9 Å². The highest BCUT2D eigenvalue weighted by atomic mass is 32.2. The van der Waals surface area contributed by atoms with E-state index < -0.39 is 46.1 Å². The van der Waals surface area contributed by atoms with Crippen LogP contribution in [0.5, 0.6) is 0 Å². The summed E-state index contributed by atoms with van der Waals surface area (Å²) in [6, 6.07) is 6.74. The molecule has 3 amide bonds. The summed E-state index contributed by atoms with van der Waals surface area (Å²) in [5.74, 6) is -1.65. The van der Waals surface area contributed by atoms with Gasteiger partial charge in [0.2, 0.25) is 27.7 Å². The molecule has 1 aromatic carbocycles. The second-order valence-electron chi connectivity index (χ2n) is 10.2. The summed E-state index contributed by atoms with van der Waals surface area (Å²) in [6.07, 6.45) is 1.02. The third kappa shape index (κ3) is 15.4. The topological polar surface area (TPSA) is 218 Å². The minimum Gasteiger partial charge on any atom is -0.390 e. The molecule has 13 nitrogen and oxygen atoms in total. The SMILES string of the molecule is CC(C)C[C@H](NC(=O)[C@H](C)NC(=O)[C@H](CCCN=C(N)N)NS(C)(=O)=O)[C@@H](O)CC(=O)NCCc1ccccc1. The number of hydrogen-bond donors (Lipinski definition) is 7. The lowest BCUT2D eigenvalue weighted by molar-refractivity contribution is -0.131. The Bertz CT molecular complexity index is 1080. The molecule has 1 rings (SSSR count). The largest absolute Gasteiger partial charge is 0.390 e. The first-order valence-electron chi connectivity index (χ1n) is 13.3. The van der Waals surface area contributed by atoms with Gasteiger partial charge < -0.3 is 32.5 Å². The zero-order chi connectivity index (χ0) is 30.3. The van der Waals surface area contributed by atoms with Crippen LogP contribution >= 0.6 is 0 Å². The van der Waals surface area contributed by atoms with Gasteiger partial charge in [0.25, 0.3) is 0 Å². The van der Waals surface area contributed by atoms with Crippen molar-refractivity contribution < 1.29 is 27.9 Å². The van der Waals surface area contributed by atoms with Crippen molar-refractivity contribution in [3.05, 3.63) is 35.9 Å². The molecule has 0 unspecified atom stereocenters. The van der Waals surface area contributed by atoms with Gasteiger partial charge in [-0.2, -0.15) is 0 Å². The lowest BCUT2D eigenvalue weighted by Crippen LogP contribution is -2.55. The number of aliphatic hydroxyl groups is 1. The highest BCUT2D eigenvalue weighted by molar-refractivity contribution is 7.88. The van der Waals surface area contributed by atoms with E-state index in [1.165, 1.54) is 6.92 Å². The minimum atomic E-state index is -3.72. The molecule has 0 spiro atoms. The van der Waals surface area contributed by atoms with Crippen molar-refractivity contribution in [2.24, 2.45) is 22.4 Å². The third-order valence-electron chi connectivity index (χ3n) is 5.86. The molecule has 0 radical (unpaired) electrons. The van der Waals surface area contributed by atoms with Crippen molar-refractivity contribution in [3.63, 3.8) is 0 Å². The average Bonchev–Trinajstić information content (AvgIpc) is 2.84. The van der Waals surface area contributed by atoms with Crippen LogP contribution in [0.1, 0.15) is 52.0 Å². The fourth-order valence-electron chi connectivity index (χ4n) is 3.91. The molecule has 0 aliphatic carbocycles. The predicted octanol–water partition coefficient (Wildman–Crippen LogP) is -0.897. The minimum absolute atomic E-state index is 0.0953. The fourth-order valence-corrected chi connectivity index (χ4v) is 4.65. The summed E-state index contributed by atoms with van der Waals surface area (Å²) in [5.41, 5.74) is 11.6. The van der Waals surface area contributed by atoms with E-state index >= 15 is 0 Å². The van der Waals surface area contributed by atoms with Crippen LogP contribution in [0.25, 0.3) is 0 Å². The maximum atomic E-state index is 12.9. The van der Waals surface area contributed by atoms with Gasteiger partial charge in [-0.25, -0.2) is 13.1 Å². The number of benzene rings is 1. The van der Waals surface area contributed by atoms with E-state index in [0.29, 0.717) is 25.8 Å². The molecule has 0 heterocycles. The summed E-state index contributed by atoms with van der Waals surface area (Å²) in [4.78, 5) is 41.9. The van der Waals surface area contributed by atoms with Crippen molar-refractivity contribution in [1.82, 2.24) is 20.7 Å². The van der Waals surface area contributed by atoms with Gasteiger partial charge in [-0.1, -0.05) is 44.2 Å². The summed E-state index contributed by atoms with van der Waals surface area (Å²) >= 11 is 0. The van der Waals surface area contributed by atoms with Crippen LogP contribution in [-0.4, -0.2) is 80.8 Å². The molecule has 0 aliphatic heterocycles. The van der Waals surface area contributed by atoms with Gasteiger partial charge in [0.15, 0.2) is 5.96 Å². The van der Waals surface area contributed by atoms with Gasteiger partial charge in [0.05, 0.1) is 24.8 Å². The highest BCUT2D eigenvalue weighted by Crippen LogP contribution is 2.12. The number of sulfonamides is 1. The maximum Gasteiger partial charge on any atom is 0.242 e. The predicted molar refractivity (Wildman–Crippen MR) is 154 cm³/mol. The Morgan fingerprint density at radius 2 is 1.68 bits per heavy atom. The van der Waals surface area contributed by atoms with Crippen molar-refractivity contribution >= 4 is 33.7 Å². The molecular formula is C26H45N7O6S. The molecule has 4 atom stereocenters. The first kappa shape index (κ1) is 34.8. The molecule has 0 aliphatic rings. The standard InChI is InChI=1S/C26H45N7O6S/c1-17(2)15-21(22(34)16-23(35)29-14-12-19-9-6-5-7-10-19)32-24(36)18(3)31-25(37)20(33-40(4,38)39)11-8-13-30-26(27)28/h5-7,9-10,17-18,20-22,33-34H,8,11-16H2,1-4H3,(H,29,35)(H,31,37)(H,32,36)(H4,27,28,30)/t18-,20-,21-,22-/m0/s1. The summed E-state index contributed by atoms with van der Waals surface area (Å²) < 4.78 is 25.8. The van der Waals surface area contributed by atoms with Crippen LogP contribution < -0.4 is 32.1 Å². The molecule has 0 fully saturated rings. The summed E-state index contributed by atoms with van der Waals surface area (Å²) in [7, 11) is -3.72. The van der Waals surface area contributed by atoms with Gasteiger partial charge in [-0.3, -0.25) is 19.4 Å². The Morgan fingerprint density at radius 1 is 1.02 bits per heavy atom. The Balaban J connectivity index is 2.72. The number of amides is 3. The first-order chi connectivity index (χ1) is 18.7. The number of carbonyl (C=O) groups is 3. The Hall–Kier alpha value is -3.23. The van der Waals surface area contributed by atoms with Crippen LogP contribution in [0.3, 0.4) is 0 Å². The van der Waals surface area contributed by atoms with Gasteiger partial charge in [-0.05, 0) is 44.1 Å². The van der Waals surface area contributed by atoms with Crippen LogP contribution in [0.2, 0.25) is 0 Å². The molecule has 1 aromatic rings. The van der Waals surface area contributed by atoms with Crippen molar-refractivity contribution in [2.75, 3.05) is 19.3 Å². The zero-order valence-electron chi connectivity index (χ0n) is 23.7. The second kappa shape index (κ2) is 17.5. The number of aliphatic hydroxyl groups excluding tert-OH is 1. The lowest BCUT2D eigenvalue weighted by atomic mass is 9.96. The molecule has 0 aromatic heterocycles. The number of rotatable bonds is 18. The van der Waals surface area contributed by atoms with Crippen molar-refractivity contribution in [2.45, 2.75) is 77.1 Å². The van der Waals surface area contributed by atoms with Crippen LogP contribution in [0.15, 0.2) is 35.3 Å². The molecule has 226 valence electrons. The Labute approximate surface area is 237 Å². The van der Waals surface area contributed by atoms with Gasteiger partial charge in [0, 0.05) is 13.1 Å². The van der Waals surface area contributed by atoms with E-state index in [0.717, 1.165) is 11.8 Å². The second-order valence-corrected chi connectivity index (χ2v) is 12.0. The number of guanidine groups is 1. The smallest absolute Gasteiger partial charge is 0.242 e. The highest BCUT2D eigenvalue weighted by Gasteiger charge is 2.29. The molecule has 9 N–H and O–H groups in total. The van der Waals surface area contributed by atoms with Crippen molar-refractivity contribution in [1.29, 1.82) is 0 Å². The maximum absolute atomic E-state index is 12.9. The zero-order valence-corrected chi connectivity index (χ0v) is 24.5. The van der Waals surface area contributed by atoms with Crippen LogP contribution in [0.4, 0.5) is 0 Å². The third-order valence-corrected chi connectivity index (χ3v) is 6.57. The average molecular weight is 584 g/mol. The summed E-state index contributed by atoms with van der Waals surface area (Å²) in [5, 5.41) is 18.8. The van der Waals surface area contributed by atoms with Gasteiger partial charge >= 0.3 is 0 Å². The van der Waals surface area contributed by atoms with E-state index in [1.807, 2.05) is 44.2 Å². The number of hydrogen-bond acceptors (Lipinski definition) is 7. The normalized spacial score (nSPS) is 14.4. The summed E-state index contributed by atoms with van der Waals surface area (Å²) in [6.45, 7) is 5.89. The van der Waals surface area contributed by atoms with Gasteiger partial charge in [0.1, 0.15) is 12.1 Å². The molecule has 14 heteroatoms. The van der Waals surface area contributed by atoms with E-state index in [4.69, 9.17) is 11.5 Å². The monoisotopic (exact) mass is 583 g/mol. The quantitative estimate of drug-likeness (QED) is 0.0651. The Kier molecular flexibility index (Phi) is 15.2. The van der Waals surface area contributed by atoms with Crippen molar-refractivity contribution in [3.8, 4) is 0 Å². The number of nitrogens with zero attached hydrogens (tertiary/aromatic N) is 1. The van der Waals surface area contributed by atoms with Crippen LogP contribution in [0, 0.1) is 5.92 Å². The molecule has 0 saturated carbocycles. The number of nitrogens with two attached hydrogens (primary N) is 2. The van der Waals surface area contributed by atoms with E-state index in [2.05, 4.69) is 25.7 Å². The molecular weight excluding hydrogens is 538 g/mol. The number of aliphatic imine (C=N–C) groups is 1. The first-order valence-corrected chi connectivity index (χ1v) is 15.2. The Morgan fingerprint density at radius 3 is 2.25 bits per heavy atom.